The van der Waals surface area contributed by atoms with Crippen molar-refractivity contribution in [3.05, 3.63) is 45.6 Å². The topological polar surface area (TPSA) is 81.3 Å². The van der Waals surface area contributed by atoms with Crippen LogP contribution < -0.4 is 4.90 Å². The lowest BCUT2D eigenvalue weighted by Gasteiger charge is -2.18. The molecule has 2 rings (SSSR count). The average molecular weight is 336 g/mol. The molecule has 8 heteroatoms. The summed E-state index contributed by atoms with van der Waals surface area (Å²) in [6, 6.07) is 7.40. The maximum absolute atomic E-state index is 11.4. The normalized spacial score (nSPS) is 12.2. The number of aromatic nitrogens is 2. The molecule has 0 saturated carbocycles. The van der Waals surface area contributed by atoms with Gasteiger partial charge in [-0.2, -0.15) is 5.10 Å². The van der Waals surface area contributed by atoms with Crippen LogP contribution in [0.15, 0.2) is 29.2 Å². The van der Waals surface area contributed by atoms with Crippen LogP contribution in [-0.4, -0.2) is 32.2 Å². The van der Waals surface area contributed by atoms with E-state index in [0.29, 0.717) is 24.5 Å². The third-order valence-electron chi connectivity index (χ3n) is 3.62. The first-order valence-electron chi connectivity index (χ1n) is 7.18. The second-order valence-corrected chi connectivity index (χ2v) is 6.69. The van der Waals surface area contributed by atoms with E-state index >= 15 is 0 Å². The minimum Gasteiger partial charge on any atom is -0.350 e. The second-order valence-electron chi connectivity index (χ2n) is 5.31. The maximum atomic E-state index is 11.4. The lowest BCUT2D eigenvalue weighted by molar-refractivity contribution is -0.384. The third-order valence-corrected chi connectivity index (χ3v) is 4.55. The van der Waals surface area contributed by atoms with Gasteiger partial charge < -0.3 is 4.90 Å². The molecule has 0 N–H and O–H groups in total. The van der Waals surface area contributed by atoms with E-state index in [4.69, 9.17) is 0 Å². The first-order chi connectivity index (χ1) is 10.8. The van der Waals surface area contributed by atoms with Gasteiger partial charge in [0, 0.05) is 42.6 Å². The highest BCUT2D eigenvalue weighted by atomic mass is 32.2. The lowest BCUT2D eigenvalue weighted by Crippen LogP contribution is -2.20. The number of benzene rings is 1. The Morgan fingerprint density at radius 2 is 1.96 bits per heavy atom. The van der Waals surface area contributed by atoms with E-state index in [0.717, 1.165) is 10.5 Å². The summed E-state index contributed by atoms with van der Waals surface area (Å²) < 4.78 is 13.0. The van der Waals surface area contributed by atoms with Crippen molar-refractivity contribution in [2.24, 2.45) is 7.05 Å². The summed E-state index contributed by atoms with van der Waals surface area (Å²) in [6.07, 6.45) is 2.14. The summed E-state index contributed by atoms with van der Waals surface area (Å²) in [5.41, 5.74) is 1.52. The van der Waals surface area contributed by atoms with Gasteiger partial charge in [-0.15, -0.1) is 0 Å². The smallest absolute Gasteiger partial charge is 0.334 e. The number of anilines is 1. The zero-order chi connectivity index (χ0) is 17.1. The molecular weight excluding hydrogens is 316 g/mol. The molecule has 0 aliphatic rings. The molecule has 0 fully saturated rings. The van der Waals surface area contributed by atoms with E-state index in [2.05, 4.69) is 5.10 Å². The van der Waals surface area contributed by atoms with Gasteiger partial charge in [0.05, 0.1) is 4.92 Å². The van der Waals surface area contributed by atoms with Crippen LogP contribution in [0.2, 0.25) is 0 Å². The van der Waals surface area contributed by atoms with Crippen LogP contribution in [-0.2, 0) is 30.8 Å². The number of rotatable bonds is 6. The number of hydrogen-bond acceptors (Lipinski definition) is 5. The second kappa shape index (κ2) is 6.91. The van der Waals surface area contributed by atoms with Gasteiger partial charge in [-0.1, -0.05) is 19.1 Å². The number of nitro groups is 1. The van der Waals surface area contributed by atoms with E-state index in [9.17, 15) is 14.3 Å². The number of aryl methyl sites for hydroxylation is 2. The Morgan fingerprint density at radius 3 is 2.43 bits per heavy atom. The van der Waals surface area contributed by atoms with Gasteiger partial charge in [0.15, 0.2) is 0 Å². The molecule has 0 saturated heterocycles. The van der Waals surface area contributed by atoms with E-state index in [-0.39, 0.29) is 10.6 Å². The highest BCUT2D eigenvalue weighted by Crippen LogP contribution is 2.31. The predicted molar refractivity (Wildman–Crippen MR) is 90.1 cm³/mol. The molecule has 1 aromatic carbocycles. The van der Waals surface area contributed by atoms with E-state index < -0.39 is 10.8 Å². The molecule has 2 aromatic rings. The standard InChI is InChI=1S/C15H20N4O3S/c1-5-13-14(19(20)21)15(18(3)16-13)17(2)10-11-6-8-12(9-7-11)23(4)22/h6-9H,5,10H2,1-4H3. The van der Waals surface area contributed by atoms with Crippen molar-refractivity contribution in [2.45, 2.75) is 24.8 Å². The molecule has 0 amide bonds. The Bertz CT molecular complexity index is 740. The quantitative estimate of drug-likeness (QED) is 0.597. The minimum absolute atomic E-state index is 0.0591. The van der Waals surface area contributed by atoms with Gasteiger partial charge in [0.1, 0.15) is 5.69 Å². The van der Waals surface area contributed by atoms with E-state index in [1.807, 2.05) is 36.1 Å². The fourth-order valence-corrected chi connectivity index (χ4v) is 3.07. The van der Waals surface area contributed by atoms with Crippen LogP contribution in [0.4, 0.5) is 11.5 Å². The van der Waals surface area contributed by atoms with Gasteiger partial charge in [-0.05, 0) is 24.1 Å². The fraction of sp³-hybridized carbons (Fsp3) is 0.400. The summed E-state index contributed by atoms with van der Waals surface area (Å²) in [4.78, 5) is 13.6. The van der Waals surface area contributed by atoms with Crippen molar-refractivity contribution in [1.82, 2.24) is 9.78 Å². The highest BCUT2D eigenvalue weighted by molar-refractivity contribution is 7.84. The Labute approximate surface area is 137 Å². The fourth-order valence-electron chi connectivity index (χ4n) is 2.55. The monoisotopic (exact) mass is 336 g/mol. The van der Waals surface area contributed by atoms with Gasteiger partial charge in [-0.25, -0.2) is 4.68 Å². The van der Waals surface area contributed by atoms with Crippen LogP contribution in [0.5, 0.6) is 0 Å². The highest BCUT2D eigenvalue weighted by Gasteiger charge is 2.28. The van der Waals surface area contributed by atoms with Crippen LogP contribution in [0, 0.1) is 10.1 Å². The van der Waals surface area contributed by atoms with Gasteiger partial charge in [0.25, 0.3) is 0 Å². The van der Waals surface area contributed by atoms with E-state index in [1.165, 1.54) is 0 Å². The van der Waals surface area contributed by atoms with Crippen molar-refractivity contribution in [2.75, 3.05) is 18.2 Å². The van der Waals surface area contributed by atoms with Gasteiger partial charge in [0.2, 0.25) is 5.82 Å². The summed E-state index contributed by atoms with van der Waals surface area (Å²) in [5.74, 6) is 0.481. The lowest BCUT2D eigenvalue weighted by atomic mass is 10.2. The molecule has 0 aliphatic carbocycles. The molecule has 23 heavy (non-hydrogen) atoms. The molecule has 7 nitrogen and oxygen atoms in total. The number of nitrogens with zero attached hydrogens (tertiary/aromatic N) is 4. The third kappa shape index (κ3) is 3.58. The molecule has 1 atom stereocenters. The minimum atomic E-state index is -1.01. The zero-order valence-electron chi connectivity index (χ0n) is 13.6. The Balaban J connectivity index is 2.30. The molecule has 0 radical (unpaired) electrons. The van der Waals surface area contributed by atoms with Gasteiger partial charge >= 0.3 is 5.69 Å². The van der Waals surface area contributed by atoms with Crippen LogP contribution in [0.3, 0.4) is 0 Å². The van der Waals surface area contributed by atoms with Crippen molar-refractivity contribution in [3.8, 4) is 0 Å². The molecule has 0 bridgehead atoms. The summed E-state index contributed by atoms with van der Waals surface area (Å²) >= 11 is 0. The Hall–Kier alpha value is -2.22. The summed E-state index contributed by atoms with van der Waals surface area (Å²) in [6.45, 7) is 2.35. The van der Waals surface area contributed by atoms with Gasteiger partial charge in [-0.3, -0.25) is 14.3 Å². The summed E-state index contributed by atoms with van der Waals surface area (Å²) in [7, 11) is 2.50. The molecule has 1 unspecified atom stereocenters. The number of hydrogen-bond donors (Lipinski definition) is 0. The largest absolute Gasteiger partial charge is 0.350 e. The molecule has 0 spiro atoms. The first kappa shape index (κ1) is 17.1. The average Bonchev–Trinajstić information content (AvgIpc) is 2.84. The van der Waals surface area contributed by atoms with Crippen LogP contribution in [0.1, 0.15) is 18.2 Å². The van der Waals surface area contributed by atoms with Crippen molar-refractivity contribution in [3.63, 3.8) is 0 Å². The molecule has 124 valence electrons. The van der Waals surface area contributed by atoms with Crippen molar-refractivity contribution in [1.29, 1.82) is 0 Å². The van der Waals surface area contributed by atoms with Crippen LogP contribution in [0.25, 0.3) is 0 Å². The summed E-state index contributed by atoms with van der Waals surface area (Å²) in [5, 5.41) is 15.6. The predicted octanol–water partition coefficient (Wildman–Crippen LogP) is 2.26. The molecule has 1 aromatic heterocycles. The maximum Gasteiger partial charge on any atom is 0.334 e. The van der Waals surface area contributed by atoms with Crippen molar-refractivity contribution >= 4 is 22.3 Å². The van der Waals surface area contributed by atoms with Crippen molar-refractivity contribution < 1.29 is 9.13 Å². The molecular formula is C15H20N4O3S. The Kier molecular flexibility index (Phi) is 5.15. The Morgan fingerprint density at radius 1 is 1.35 bits per heavy atom. The first-order valence-corrected chi connectivity index (χ1v) is 8.74. The van der Waals surface area contributed by atoms with E-state index in [1.54, 1.807) is 25.0 Å². The van der Waals surface area contributed by atoms with Crippen LogP contribution >= 0.6 is 0 Å². The SMILES string of the molecule is CCc1nn(C)c(N(C)Cc2ccc(S(C)=O)cc2)c1[N+](=O)[O-]. The molecule has 1 heterocycles. The zero-order valence-corrected chi connectivity index (χ0v) is 14.5. The molecule has 0 aliphatic heterocycles.